The van der Waals surface area contributed by atoms with E-state index >= 15 is 0 Å². The van der Waals surface area contributed by atoms with Gasteiger partial charge in [0.25, 0.3) is 5.91 Å². The SMILES string of the molecule is CCOC(Cn1cc(C#CCNC(=O)c2ccc(C(=O)OC3(C)c4ccc(OC(=O)C(C)(C)C)cc4Oc4cc(OC(=O)C(C)(C)C)ccc43)cc2)c(N)nc1=O)OCC. The van der Waals surface area contributed by atoms with Crippen LogP contribution in [0.1, 0.15) is 99.7 Å². The lowest BCUT2D eigenvalue weighted by Gasteiger charge is -2.37. The zero-order chi connectivity index (χ0) is 44.0. The Bertz CT molecular complexity index is 2310. The average Bonchev–Trinajstić information content (AvgIpc) is 3.17. The summed E-state index contributed by atoms with van der Waals surface area (Å²) in [5.41, 5.74) is 4.01. The van der Waals surface area contributed by atoms with E-state index in [-0.39, 0.29) is 58.6 Å². The van der Waals surface area contributed by atoms with Crippen LogP contribution < -0.4 is 31.0 Å². The van der Waals surface area contributed by atoms with Gasteiger partial charge >= 0.3 is 23.6 Å². The Hall–Kier alpha value is -6.50. The number of hydrogen-bond acceptors (Lipinski definition) is 13. The van der Waals surface area contributed by atoms with Crippen LogP contribution in [0.4, 0.5) is 5.82 Å². The number of amides is 1. The van der Waals surface area contributed by atoms with Gasteiger partial charge in [-0.1, -0.05) is 11.8 Å². The molecule has 0 radical (unpaired) electrons. The number of benzene rings is 3. The summed E-state index contributed by atoms with van der Waals surface area (Å²) in [4.78, 5) is 68.5. The highest BCUT2D eigenvalue weighted by molar-refractivity contribution is 5.96. The number of esters is 3. The van der Waals surface area contributed by atoms with Gasteiger partial charge in [-0.25, -0.2) is 9.59 Å². The van der Waals surface area contributed by atoms with Crippen molar-refractivity contribution in [2.45, 2.75) is 80.7 Å². The van der Waals surface area contributed by atoms with Crippen LogP contribution in [0.25, 0.3) is 0 Å². The van der Waals surface area contributed by atoms with E-state index in [9.17, 15) is 24.0 Å². The highest BCUT2D eigenvalue weighted by atomic mass is 16.7. The van der Waals surface area contributed by atoms with Gasteiger partial charge < -0.3 is 39.5 Å². The van der Waals surface area contributed by atoms with Crippen LogP contribution in [0.2, 0.25) is 0 Å². The van der Waals surface area contributed by atoms with Gasteiger partial charge in [0, 0.05) is 48.2 Å². The van der Waals surface area contributed by atoms with Gasteiger partial charge in [0.15, 0.2) is 11.9 Å². The Morgan fingerprint density at radius 2 is 1.35 bits per heavy atom. The highest BCUT2D eigenvalue weighted by Gasteiger charge is 2.43. The van der Waals surface area contributed by atoms with Gasteiger partial charge in [-0.2, -0.15) is 4.98 Å². The number of carbonyl (C=O) groups excluding carboxylic acids is 4. The number of carbonyl (C=O) groups is 4. The van der Waals surface area contributed by atoms with E-state index in [1.165, 1.54) is 47.2 Å². The zero-order valence-corrected chi connectivity index (χ0v) is 35.2. The van der Waals surface area contributed by atoms with Crippen LogP contribution in [0.15, 0.2) is 71.7 Å². The first-order chi connectivity index (χ1) is 28.2. The first-order valence-electron chi connectivity index (χ1n) is 19.4. The Kier molecular flexibility index (Phi) is 13.5. The number of hydrogen-bond donors (Lipinski definition) is 2. The lowest BCUT2D eigenvalue weighted by molar-refractivity contribution is -0.144. The molecule has 15 nitrogen and oxygen atoms in total. The van der Waals surface area contributed by atoms with Crippen molar-refractivity contribution in [1.29, 1.82) is 0 Å². The molecule has 4 aromatic rings. The first-order valence-corrected chi connectivity index (χ1v) is 19.4. The fourth-order valence-electron chi connectivity index (χ4n) is 5.77. The van der Waals surface area contributed by atoms with E-state index in [1.807, 2.05) is 13.8 Å². The fraction of sp³-hybridized carbons (Fsp3) is 0.378. The van der Waals surface area contributed by atoms with Gasteiger partial charge in [-0.15, -0.1) is 0 Å². The van der Waals surface area contributed by atoms with Crippen molar-refractivity contribution in [2.75, 3.05) is 25.5 Å². The third-order valence-corrected chi connectivity index (χ3v) is 9.11. The smallest absolute Gasteiger partial charge is 0.349 e. The lowest BCUT2D eigenvalue weighted by Crippen LogP contribution is -2.34. The highest BCUT2D eigenvalue weighted by Crippen LogP contribution is 2.51. The number of aromatic nitrogens is 2. The Balaban J connectivity index is 1.33. The van der Waals surface area contributed by atoms with Crippen LogP contribution in [0, 0.1) is 22.7 Å². The van der Waals surface area contributed by atoms with Crippen molar-refractivity contribution in [1.82, 2.24) is 14.9 Å². The molecule has 3 N–H and O–H groups in total. The maximum Gasteiger partial charge on any atom is 0.349 e. The zero-order valence-electron chi connectivity index (χ0n) is 35.2. The van der Waals surface area contributed by atoms with E-state index in [4.69, 9.17) is 34.2 Å². The number of ether oxygens (including phenoxy) is 6. The van der Waals surface area contributed by atoms with Crippen LogP contribution >= 0.6 is 0 Å². The molecule has 1 amide bonds. The summed E-state index contributed by atoms with van der Waals surface area (Å²) in [5.74, 6) is 4.46. The molecule has 0 saturated heterocycles. The van der Waals surface area contributed by atoms with Gasteiger partial charge in [0.05, 0.1) is 35.0 Å². The monoisotopic (exact) mass is 822 g/mol. The van der Waals surface area contributed by atoms with Crippen molar-refractivity contribution < 1.29 is 47.6 Å². The fourth-order valence-corrected chi connectivity index (χ4v) is 5.77. The molecule has 1 aliphatic heterocycles. The summed E-state index contributed by atoms with van der Waals surface area (Å²) < 4.78 is 36.1. The molecular weight excluding hydrogens is 773 g/mol. The molecule has 5 rings (SSSR count). The molecular formula is C45H50N4O11. The molecule has 0 atom stereocenters. The number of nitrogens with one attached hydrogen (secondary N) is 1. The summed E-state index contributed by atoms with van der Waals surface area (Å²) in [6.45, 7) is 16.6. The van der Waals surface area contributed by atoms with E-state index < -0.39 is 52.2 Å². The van der Waals surface area contributed by atoms with E-state index in [0.717, 1.165) is 0 Å². The van der Waals surface area contributed by atoms with Crippen molar-refractivity contribution in [2.24, 2.45) is 10.8 Å². The summed E-state index contributed by atoms with van der Waals surface area (Å²) in [6.07, 6.45) is 0.808. The molecule has 0 spiro atoms. The second kappa shape index (κ2) is 18.2. The summed E-state index contributed by atoms with van der Waals surface area (Å²) in [5, 5.41) is 2.70. The van der Waals surface area contributed by atoms with Crippen molar-refractivity contribution >= 4 is 29.6 Å². The number of rotatable bonds is 12. The van der Waals surface area contributed by atoms with Gasteiger partial charge in [0.1, 0.15) is 28.8 Å². The van der Waals surface area contributed by atoms with Crippen molar-refractivity contribution in [3.8, 4) is 34.8 Å². The normalized spacial score (nSPS) is 12.8. The minimum Gasteiger partial charge on any atom is -0.456 e. The molecule has 1 aliphatic rings. The molecule has 0 aliphatic carbocycles. The summed E-state index contributed by atoms with van der Waals surface area (Å²) in [6, 6.07) is 15.4. The van der Waals surface area contributed by atoms with Gasteiger partial charge in [-0.05, 0) is 111 Å². The third-order valence-electron chi connectivity index (χ3n) is 9.11. The number of fused-ring (bicyclic) bond motifs is 2. The molecule has 60 heavy (non-hydrogen) atoms. The molecule has 1 aromatic heterocycles. The van der Waals surface area contributed by atoms with Crippen LogP contribution in [-0.4, -0.2) is 59.4 Å². The molecule has 0 unspecified atom stereocenters. The summed E-state index contributed by atoms with van der Waals surface area (Å²) >= 11 is 0. The number of nitrogens with zero attached hydrogens (tertiary/aromatic N) is 2. The predicted molar refractivity (Wildman–Crippen MR) is 221 cm³/mol. The average molecular weight is 823 g/mol. The molecule has 2 heterocycles. The number of nitrogens with two attached hydrogens (primary N) is 1. The molecule has 0 bridgehead atoms. The standard InChI is InChI=1S/C45H50N4O11/c1-10-55-36(56-11-2)26-49-25-29(37(46)48-42(49)54)13-12-22-47-38(50)27-14-16-28(17-15-27)39(51)60-45(9)32-20-18-30(57-40(52)43(3,4)5)23-34(32)59-35-24-31(19-21-33(35)45)58-41(53)44(6,7)8/h14-21,23-25,36H,10-11,22,26H2,1-9H3,(H,47,50)(H2,46,48,54). The largest absolute Gasteiger partial charge is 0.456 e. The van der Waals surface area contributed by atoms with E-state index in [2.05, 4.69) is 22.1 Å². The van der Waals surface area contributed by atoms with Crippen molar-refractivity contribution in [3.05, 3.63) is 105 Å². The topological polar surface area (TPSA) is 197 Å². The Labute approximate surface area is 348 Å². The Morgan fingerprint density at radius 3 is 1.85 bits per heavy atom. The second-order valence-electron chi connectivity index (χ2n) is 16.0. The molecule has 316 valence electrons. The van der Waals surface area contributed by atoms with Crippen LogP contribution in [0.5, 0.6) is 23.0 Å². The minimum atomic E-state index is -1.44. The predicted octanol–water partition coefficient (Wildman–Crippen LogP) is 6.14. The summed E-state index contributed by atoms with van der Waals surface area (Å²) in [7, 11) is 0. The molecule has 3 aromatic carbocycles. The van der Waals surface area contributed by atoms with Crippen molar-refractivity contribution in [3.63, 3.8) is 0 Å². The molecule has 15 heteroatoms. The maximum absolute atomic E-state index is 13.8. The molecule has 0 fully saturated rings. The van der Waals surface area contributed by atoms with E-state index in [0.29, 0.717) is 24.3 Å². The van der Waals surface area contributed by atoms with Gasteiger partial charge in [0.2, 0.25) is 0 Å². The molecule has 0 saturated carbocycles. The second-order valence-corrected chi connectivity index (χ2v) is 16.0. The first kappa shape index (κ1) is 44.6. The Morgan fingerprint density at radius 1 is 0.833 bits per heavy atom. The minimum absolute atomic E-state index is 0.0544. The van der Waals surface area contributed by atoms with E-state index in [1.54, 1.807) is 72.7 Å². The maximum atomic E-state index is 13.8. The quantitative estimate of drug-likeness (QED) is 0.0717. The van der Waals surface area contributed by atoms with Crippen LogP contribution in [-0.2, 0) is 35.9 Å². The third kappa shape index (κ3) is 10.6. The lowest BCUT2D eigenvalue weighted by atomic mass is 9.84. The number of anilines is 1. The van der Waals surface area contributed by atoms with Crippen LogP contribution in [0.3, 0.4) is 0 Å². The van der Waals surface area contributed by atoms with Gasteiger partial charge in [-0.3, -0.25) is 19.0 Å². The number of nitrogen functional groups attached to an aromatic ring is 1.